The fourth-order valence-electron chi connectivity index (χ4n) is 1.43. The fourth-order valence-corrected chi connectivity index (χ4v) is 1.43. The van der Waals surface area contributed by atoms with Gasteiger partial charge in [0.05, 0.1) is 7.11 Å². The Bertz CT molecular complexity index is 268. The summed E-state index contributed by atoms with van der Waals surface area (Å²) in [6, 6.07) is 0. The van der Waals surface area contributed by atoms with Gasteiger partial charge in [-0.2, -0.15) is 0 Å². The largest absolute Gasteiger partial charge is 0.483 e. The van der Waals surface area contributed by atoms with Gasteiger partial charge in [-0.1, -0.05) is 20.8 Å². The number of methoxy groups -OCH3 is 1. The lowest BCUT2D eigenvalue weighted by Crippen LogP contribution is -2.43. The quantitative estimate of drug-likeness (QED) is 0.642. The Kier molecular flexibility index (Phi) is 2.69. The fraction of sp³-hybridized carbons (Fsp3) is 0.778. The van der Waals surface area contributed by atoms with Crippen molar-refractivity contribution in [1.82, 2.24) is 4.90 Å². The standard InChI is InChI=1S/C9H16N2O3/c1-9(2,3)7-10-6(14-4)5-11(7)8(12)13/h7H,5H2,1-4H3,(H,12,13)/t7-/m0/s1. The highest BCUT2D eigenvalue weighted by molar-refractivity contribution is 5.84. The number of hydrogen-bond donors (Lipinski definition) is 1. The average Bonchev–Trinajstić information content (AvgIpc) is 2.46. The minimum Gasteiger partial charge on any atom is -0.483 e. The van der Waals surface area contributed by atoms with Gasteiger partial charge < -0.3 is 9.84 Å². The molecule has 0 saturated carbocycles. The molecule has 0 saturated heterocycles. The third-order valence-corrected chi connectivity index (χ3v) is 2.12. The molecule has 0 radical (unpaired) electrons. The molecule has 5 heteroatoms. The van der Waals surface area contributed by atoms with Crippen molar-refractivity contribution in [3.63, 3.8) is 0 Å². The van der Waals surface area contributed by atoms with Crippen LogP contribution in [0.15, 0.2) is 4.99 Å². The van der Waals surface area contributed by atoms with Crippen LogP contribution in [0.1, 0.15) is 20.8 Å². The zero-order valence-electron chi connectivity index (χ0n) is 8.94. The van der Waals surface area contributed by atoms with E-state index in [2.05, 4.69) is 4.99 Å². The van der Waals surface area contributed by atoms with Crippen LogP contribution in [0, 0.1) is 5.41 Å². The molecule has 0 aromatic carbocycles. The molecular weight excluding hydrogens is 184 g/mol. The summed E-state index contributed by atoms with van der Waals surface area (Å²) in [4.78, 5) is 16.4. The van der Waals surface area contributed by atoms with Crippen LogP contribution < -0.4 is 0 Å². The molecule has 0 spiro atoms. The Morgan fingerprint density at radius 3 is 2.50 bits per heavy atom. The highest BCUT2D eigenvalue weighted by Crippen LogP contribution is 2.28. The zero-order chi connectivity index (χ0) is 10.9. The van der Waals surface area contributed by atoms with Crippen molar-refractivity contribution in [1.29, 1.82) is 0 Å². The van der Waals surface area contributed by atoms with E-state index in [1.807, 2.05) is 20.8 Å². The number of carboxylic acid groups (broad SMARTS) is 1. The van der Waals surface area contributed by atoms with Crippen molar-refractivity contribution in [2.75, 3.05) is 13.7 Å². The van der Waals surface area contributed by atoms with Gasteiger partial charge in [0.1, 0.15) is 12.7 Å². The summed E-state index contributed by atoms with van der Waals surface area (Å²) < 4.78 is 4.96. The maximum Gasteiger partial charge on any atom is 0.409 e. The first-order chi connectivity index (χ1) is 6.36. The van der Waals surface area contributed by atoms with Gasteiger partial charge in [-0.05, 0) is 0 Å². The van der Waals surface area contributed by atoms with E-state index >= 15 is 0 Å². The molecule has 1 N–H and O–H groups in total. The molecule has 0 bridgehead atoms. The van der Waals surface area contributed by atoms with Gasteiger partial charge in [0.25, 0.3) is 0 Å². The monoisotopic (exact) mass is 200 g/mol. The lowest BCUT2D eigenvalue weighted by molar-refractivity contribution is 0.104. The highest BCUT2D eigenvalue weighted by atomic mass is 16.5. The van der Waals surface area contributed by atoms with Crippen LogP contribution in [0.4, 0.5) is 4.79 Å². The van der Waals surface area contributed by atoms with E-state index < -0.39 is 6.09 Å². The summed E-state index contributed by atoms with van der Waals surface area (Å²) >= 11 is 0. The SMILES string of the molecule is COC1=N[C@H](C(C)(C)C)N(C(=O)O)C1. The summed E-state index contributed by atoms with van der Waals surface area (Å²) in [7, 11) is 1.50. The second kappa shape index (κ2) is 3.48. The van der Waals surface area contributed by atoms with Crippen LogP contribution in [0.5, 0.6) is 0 Å². The highest BCUT2D eigenvalue weighted by Gasteiger charge is 2.38. The number of carbonyl (C=O) groups is 1. The van der Waals surface area contributed by atoms with E-state index in [1.54, 1.807) is 0 Å². The molecule has 1 atom stereocenters. The van der Waals surface area contributed by atoms with Gasteiger partial charge in [0.2, 0.25) is 5.90 Å². The Morgan fingerprint density at radius 1 is 1.64 bits per heavy atom. The number of ether oxygens (including phenoxy) is 1. The van der Waals surface area contributed by atoms with Crippen molar-refractivity contribution in [3.05, 3.63) is 0 Å². The number of amides is 1. The maximum atomic E-state index is 10.9. The predicted molar refractivity (Wildman–Crippen MR) is 52.4 cm³/mol. The van der Waals surface area contributed by atoms with Gasteiger partial charge >= 0.3 is 6.09 Å². The van der Waals surface area contributed by atoms with E-state index in [0.29, 0.717) is 5.90 Å². The van der Waals surface area contributed by atoms with E-state index in [4.69, 9.17) is 9.84 Å². The topological polar surface area (TPSA) is 62.1 Å². The molecular formula is C9H16N2O3. The molecule has 0 aliphatic carbocycles. The van der Waals surface area contributed by atoms with E-state index in [9.17, 15) is 4.79 Å². The van der Waals surface area contributed by atoms with Crippen molar-refractivity contribution in [2.24, 2.45) is 10.4 Å². The average molecular weight is 200 g/mol. The molecule has 1 amide bonds. The van der Waals surface area contributed by atoms with Crippen molar-refractivity contribution >= 4 is 12.0 Å². The molecule has 0 aromatic rings. The maximum absolute atomic E-state index is 10.9. The second-order valence-corrected chi connectivity index (χ2v) is 4.38. The first kappa shape index (κ1) is 10.8. The minimum absolute atomic E-state index is 0.210. The minimum atomic E-state index is -0.958. The van der Waals surface area contributed by atoms with Gasteiger partial charge in [-0.25, -0.2) is 9.79 Å². The zero-order valence-corrected chi connectivity index (χ0v) is 8.94. The Labute approximate surface area is 83.4 Å². The Hall–Kier alpha value is -1.26. The first-order valence-corrected chi connectivity index (χ1v) is 4.46. The summed E-state index contributed by atoms with van der Waals surface area (Å²) in [5, 5.41) is 8.96. The van der Waals surface area contributed by atoms with Crippen LogP contribution in [0.2, 0.25) is 0 Å². The van der Waals surface area contributed by atoms with Gasteiger partial charge in [0, 0.05) is 5.41 Å². The van der Waals surface area contributed by atoms with Crippen LogP contribution in [0.25, 0.3) is 0 Å². The van der Waals surface area contributed by atoms with Gasteiger partial charge in [-0.3, -0.25) is 4.90 Å². The van der Waals surface area contributed by atoms with Crippen LogP contribution >= 0.6 is 0 Å². The Morgan fingerprint density at radius 2 is 2.21 bits per heavy atom. The van der Waals surface area contributed by atoms with E-state index in [-0.39, 0.29) is 18.1 Å². The predicted octanol–water partition coefficient (Wildman–Crippen LogP) is 1.40. The summed E-state index contributed by atoms with van der Waals surface area (Å²) in [5.41, 5.74) is -0.210. The van der Waals surface area contributed by atoms with Crippen LogP contribution in [0.3, 0.4) is 0 Å². The lowest BCUT2D eigenvalue weighted by Gasteiger charge is -2.30. The molecule has 5 nitrogen and oxygen atoms in total. The lowest BCUT2D eigenvalue weighted by atomic mass is 9.92. The molecule has 1 rings (SSSR count). The molecule has 0 fully saturated rings. The van der Waals surface area contributed by atoms with Gasteiger partial charge in [0.15, 0.2) is 0 Å². The molecule has 1 aliphatic rings. The molecule has 1 heterocycles. The second-order valence-electron chi connectivity index (χ2n) is 4.38. The van der Waals surface area contributed by atoms with Gasteiger partial charge in [-0.15, -0.1) is 0 Å². The summed E-state index contributed by atoms with van der Waals surface area (Å²) in [6.45, 7) is 6.11. The molecule has 1 aliphatic heterocycles. The van der Waals surface area contributed by atoms with Crippen molar-refractivity contribution in [3.8, 4) is 0 Å². The van der Waals surface area contributed by atoms with Crippen LogP contribution in [-0.2, 0) is 4.74 Å². The molecule has 14 heavy (non-hydrogen) atoms. The smallest absolute Gasteiger partial charge is 0.409 e. The normalized spacial score (nSPS) is 22.1. The molecule has 0 unspecified atom stereocenters. The van der Waals surface area contributed by atoms with E-state index in [1.165, 1.54) is 12.0 Å². The third kappa shape index (κ3) is 1.97. The third-order valence-electron chi connectivity index (χ3n) is 2.12. The summed E-state index contributed by atoms with van der Waals surface area (Å²) in [5.74, 6) is 0.479. The molecule has 0 aromatic heterocycles. The number of rotatable bonds is 0. The van der Waals surface area contributed by atoms with Crippen LogP contribution in [-0.4, -0.2) is 41.8 Å². The first-order valence-electron chi connectivity index (χ1n) is 4.46. The Balaban J connectivity index is 2.88. The van der Waals surface area contributed by atoms with E-state index in [0.717, 1.165) is 0 Å². The summed E-state index contributed by atoms with van der Waals surface area (Å²) in [6.07, 6.45) is -1.31. The number of hydrogen-bond acceptors (Lipinski definition) is 3. The molecule has 80 valence electrons. The number of aliphatic imine (C=N–C) groups is 1. The van der Waals surface area contributed by atoms with Crippen molar-refractivity contribution < 1.29 is 14.6 Å². The number of nitrogens with zero attached hydrogens (tertiary/aromatic N) is 2. The van der Waals surface area contributed by atoms with Crippen molar-refractivity contribution in [2.45, 2.75) is 26.9 Å².